The summed E-state index contributed by atoms with van der Waals surface area (Å²) < 4.78 is 0. The Hall–Kier alpha value is -0.277. The molecule has 0 fully saturated rings. The van der Waals surface area contributed by atoms with Crippen molar-refractivity contribution in [2.45, 2.75) is 24.6 Å². The van der Waals surface area contributed by atoms with Crippen LogP contribution >= 0.6 is 11.6 Å². The third-order valence-corrected chi connectivity index (χ3v) is 1.46. The number of ketones is 1. The number of carboxylic acid groups (broad SMARTS) is 1. The fourth-order valence-electron chi connectivity index (χ4n) is 0.604. The average Bonchev–Trinajstić information content (AvgIpc) is 1.99. The van der Waals surface area contributed by atoms with Crippen LogP contribution in [0.2, 0.25) is 0 Å². The van der Waals surface area contributed by atoms with Crippen molar-refractivity contribution in [1.29, 1.82) is 0 Å². The van der Waals surface area contributed by atoms with Crippen LogP contribution < -0.4 is 0 Å². The van der Waals surface area contributed by atoms with Crippen molar-refractivity contribution in [3.05, 3.63) is 0 Å². The number of rotatable bonds is 6. The van der Waals surface area contributed by atoms with E-state index in [0.29, 0.717) is 0 Å². The van der Waals surface area contributed by atoms with Crippen LogP contribution in [-0.4, -0.2) is 28.5 Å². The normalized spacial score (nSPS) is 11.2. The molecule has 0 radical (unpaired) electrons. The van der Waals surface area contributed by atoms with Gasteiger partial charge in [0.15, 0.2) is 0 Å². The van der Waals surface area contributed by atoms with E-state index in [4.69, 9.17) is 16.7 Å². The fourth-order valence-corrected chi connectivity index (χ4v) is 0.713. The minimum Gasteiger partial charge on any atom is -0.540 e. The van der Waals surface area contributed by atoms with Crippen LogP contribution in [0.4, 0.5) is 0 Å². The molecule has 6 heteroatoms. The van der Waals surface area contributed by atoms with E-state index in [2.05, 4.69) is 0 Å². The Labute approximate surface area is 93.4 Å². The third-order valence-electron chi connectivity index (χ3n) is 1.15. The zero-order valence-electron chi connectivity index (χ0n) is 6.96. The molecule has 1 atom stereocenters. The van der Waals surface area contributed by atoms with Crippen LogP contribution in [0.25, 0.3) is 0 Å². The second-order valence-corrected chi connectivity index (χ2v) is 2.76. The van der Waals surface area contributed by atoms with Crippen molar-refractivity contribution < 1.29 is 39.0 Å². The van der Waals surface area contributed by atoms with E-state index in [1.54, 1.807) is 0 Å². The van der Waals surface area contributed by atoms with E-state index < -0.39 is 23.6 Å². The molecule has 0 aliphatic carbocycles. The van der Waals surface area contributed by atoms with E-state index >= 15 is 0 Å². The van der Waals surface area contributed by atoms with Crippen molar-refractivity contribution in [3.63, 3.8) is 0 Å². The molecule has 0 aromatic carbocycles. The average molecular weight is 257 g/mol. The minimum absolute atomic E-state index is 0. The molecular weight excluding hydrogens is 249 g/mol. The molecule has 0 saturated heterocycles. The van der Waals surface area contributed by atoms with E-state index in [0.717, 1.165) is 0 Å². The molecule has 0 heterocycles. The Kier molecular flexibility index (Phi) is 9.74. The predicted molar refractivity (Wildman–Crippen MR) is 41.8 cm³/mol. The Bertz CT molecular complexity index is 195. The quantitative estimate of drug-likeness (QED) is 0.326. The van der Waals surface area contributed by atoms with Crippen molar-refractivity contribution in [2.75, 3.05) is 0 Å². The van der Waals surface area contributed by atoms with Crippen molar-refractivity contribution in [2.24, 2.45) is 0 Å². The summed E-state index contributed by atoms with van der Waals surface area (Å²) in [7, 11) is 0. The fraction of sp³-hybridized carbons (Fsp3) is 0.571. The smallest absolute Gasteiger partial charge is 0.310 e. The molecule has 4 nitrogen and oxygen atoms in total. The standard InChI is InChI=1S/C7H8ClO4.Zn/c8-5(4-9)1-2-6(10)3-7(11)12;/h5H,1-3H2,(H,11,12);/q-1;. The van der Waals surface area contributed by atoms with E-state index in [1.165, 1.54) is 6.29 Å². The number of hydrogen-bond donors (Lipinski definition) is 1. The van der Waals surface area contributed by atoms with Crippen LogP contribution in [-0.2, 0) is 33.9 Å². The van der Waals surface area contributed by atoms with Crippen molar-refractivity contribution in [1.82, 2.24) is 0 Å². The number of carboxylic acids is 1. The molecule has 1 unspecified atom stereocenters. The summed E-state index contributed by atoms with van der Waals surface area (Å²) in [5.41, 5.74) is 0. The molecule has 70 valence electrons. The first-order chi connectivity index (χ1) is 5.56. The molecule has 0 amide bonds. The maximum atomic E-state index is 10.7. The van der Waals surface area contributed by atoms with Crippen LogP contribution in [0.3, 0.4) is 0 Å². The van der Waals surface area contributed by atoms with Gasteiger partial charge in [0.25, 0.3) is 0 Å². The molecule has 1 N–H and O–H groups in total. The zero-order chi connectivity index (χ0) is 9.56. The zero-order valence-corrected chi connectivity index (χ0v) is 10.7. The van der Waals surface area contributed by atoms with Gasteiger partial charge in [-0.05, 0) is 0 Å². The predicted octanol–water partition coefficient (Wildman–Crippen LogP) is 0.525. The largest absolute Gasteiger partial charge is 0.540 e. The number of carbonyl (C=O) groups excluding carboxylic acids is 2. The maximum absolute atomic E-state index is 10.7. The van der Waals surface area contributed by atoms with Crippen LogP contribution in [0.15, 0.2) is 0 Å². The number of Topliss-reactive ketones (excluding diaryl/α,β-unsaturated/α-hetero) is 1. The van der Waals surface area contributed by atoms with Gasteiger partial charge >= 0.3 is 5.97 Å². The molecule has 13 heavy (non-hydrogen) atoms. The topological polar surface area (TPSA) is 71.4 Å². The first-order valence-corrected chi connectivity index (χ1v) is 3.75. The minimum atomic E-state index is -1.17. The molecule has 0 aliphatic heterocycles. The van der Waals surface area contributed by atoms with Gasteiger partial charge < -0.3 is 9.90 Å². The van der Waals surface area contributed by atoms with Gasteiger partial charge in [-0.1, -0.05) is 11.8 Å². The summed E-state index contributed by atoms with van der Waals surface area (Å²) in [6.45, 7) is 0. The summed E-state index contributed by atoms with van der Waals surface area (Å²) >= 11 is 5.32. The Morgan fingerprint density at radius 1 is 1.46 bits per heavy atom. The van der Waals surface area contributed by atoms with Gasteiger partial charge in [-0.2, -0.15) is 11.6 Å². The van der Waals surface area contributed by atoms with Gasteiger partial charge in [0.1, 0.15) is 12.2 Å². The number of hydrogen-bond acceptors (Lipinski definition) is 3. The van der Waals surface area contributed by atoms with E-state index in [-0.39, 0.29) is 32.3 Å². The SMILES string of the molecule is O=[C-]C(Cl)CCC(=O)CC(=O)O.[Zn]. The molecule has 0 aliphatic rings. The van der Waals surface area contributed by atoms with Crippen molar-refractivity contribution >= 4 is 29.6 Å². The molecule has 0 aromatic heterocycles. The van der Waals surface area contributed by atoms with Gasteiger partial charge in [-0.3, -0.25) is 9.59 Å². The summed E-state index contributed by atoms with van der Waals surface area (Å²) in [5, 5.41) is 7.36. The molecular formula is C7H8ClO4Zn-. The number of alkyl halides is 1. The Morgan fingerprint density at radius 2 is 2.00 bits per heavy atom. The number of carbonyl (C=O) groups is 2. The third kappa shape index (κ3) is 9.64. The van der Waals surface area contributed by atoms with Crippen LogP contribution in [0, 0.1) is 0 Å². The molecule has 0 aromatic rings. The Morgan fingerprint density at radius 3 is 2.38 bits per heavy atom. The maximum Gasteiger partial charge on any atom is 0.310 e. The van der Waals surface area contributed by atoms with Crippen LogP contribution in [0.5, 0.6) is 0 Å². The van der Waals surface area contributed by atoms with Crippen LogP contribution in [0.1, 0.15) is 19.3 Å². The summed E-state index contributed by atoms with van der Waals surface area (Å²) in [5.74, 6) is -1.59. The summed E-state index contributed by atoms with van der Waals surface area (Å²) in [4.78, 5) is 30.6. The van der Waals surface area contributed by atoms with Gasteiger partial charge in [0, 0.05) is 25.9 Å². The Balaban J connectivity index is 0. The number of aliphatic carboxylic acids is 1. The van der Waals surface area contributed by atoms with Gasteiger partial charge in [0.2, 0.25) is 0 Å². The first kappa shape index (κ1) is 15.2. The summed E-state index contributed by atoms with van der Waals surface area (Å²) in [6.07, 6.45) is 1.14. The second-order valence-electron chi connectivity index (χ2n) is 2.23. The van der Waals surface area contributed by atoms with E-state index in [9.17, 15) is 14.4 Å². The summed E-state index contributed by atoms with van der Waals surface area (Å²) in [6, 6.07) is 0. The van der Waals surface area contributed by atoms with Gasteiger partial charge in [-0.15, -0.1) is 0 Å². The van der Waals surface area contributed by atoms with E-state index in [1.807, 2.05) is 0 Å². The molecule has 0 saturated carbocycles. The second kappa shape index (κ2) is 8.33. The van der Waals surface area contributed by atoms with Crippen molar-refractivity contribution in [3.8, 4) is 0 Å². The monoisotopic (exact) mass is 255 g/mol. The van der Waals surface area contributed by atoms with Gasteiger partial charge in [-0.25, -0.2) is 6.29 Å². The number of halogens is 1. The molecule has 0 rings (SSSR count). The molecule has 0 spiro atoms. The van der Waals surface area contributed by atoms with Gasteiger partial charge in [0.05, 0.1) is 0 Å². The first-order valence-electron chi connectivity index (χ1n) is 3.31. The molecule has 0 bridgehead atoms.